The molecular weight excluding hydrogens is 214 g/mol. The average molecular weight is 233 g/mol. The molecule has 1 fully saturated rings. The van der Waals surface area contributed by atoms with Gasteiger partial charge in [0.05, 0.1) is 12.6 Å². The van der Waals surface area contributed by atoms with E-state index in [0.717, 1.165) is 0 Å². The first-order valence-corrected chi connectivity index (χ1v) is 6.28. The van der Waals surface area contributed by atoms with Gasteiger partial charge in [0.15, 0.2) is 6.04 Å². The van der Waals surface area contributed by atoms with Crippen LogP contribution in [0.25, 0.3) is 0 Å². The summed E-state index contributed by atoms with van der Waals surface area (Å²) in [4.78, 5) is 11.5. The monoisotopic (exact) mass is 233 g/mol. The summed E-state index contributed by atoms with van der Waals surface area (Å²) >= 11 is -1.13. The summed E-state index contributed by atoms with van der Waals surface area (Å²) in [5, 5.41) is 0. The highest BCUT2D eigenvalue weighted by Crippen LogP contribution is 2.37. The smallest absolute Gasteiger partial charge is 0.329 e. The Morgan fingerprint density at radius 2 is 2.07 bits per heavy atom. The highest BCUT2D eigenvalue weighted by molar-refractivity contribution is 7.90. The number of carbonyl (C=O) groups excluding carboxylic acids is 1. The maximum absolute atomic E-state index is 12.0. The molecule has 4 atom stereocenters. The van der Waals surface area contributed by atoms with E-state index in [1.165, 1.54) is 0 Å². The van der Waals surface area contributed by atoms with Crippen LogP contribution in [0.15, 0.2) is 0 Å². The van der Waals surface area contributed by atoms with Crippen molar-refractivity contribution in [2.75, 3.05) is 6.61 Å². The lowest BCUT2D eigenvalue weighted by Crippen LogP contribution is -2.36. The van der Waals surface area contributed by atoms with Crippen molar-refractivity contribution in [2.45, 2.75) is 51.4 Å². The minimum atomic E-state index is -1.13. The van der Waals surface area contributed by atoms with Crippen molar-refractivity contribution in [1.29, 1.82) is 0 Å². The molecule has 5 heteroatoms. The molecule has 0 bridgehead atoms. The summed E-state index contributed by atoms with van der Waals surface area (Å²) in [6.45, 7) is 9.74. The molecule has 1 aliphatic rings. The molecule has 0 spiro atoms. The van der Waals surface area contributed by atoms with Crippen LogP contribution in [0.5, 0.6) is 0 Å². The van der Waals surface area contributed by atoms with Crippen LogP contribution in [0, 0.1) is 0 Å². The van der Waals surface area contributed by atoms with Crippen molar-refractivity contribution >= 4 is 17.3 Å². The van der Waals surface area contributed by atoms with Crippen molar-refractivity contribution in [2.24, 2.45) is 0 Å². The van der Waals surface area contributed by atoms with Crippen LogP contribution in [0.4, 0.5) is 0 Å². The maximum atomic E-state index is 12.0. The third-order valence-corrected chi connectivity index (χ3v) is 4.28. The minimum absolute atomic E-state index is 0.0316. The number of hydrogen-bond acceptors (Lipinski definition) is 4. The van der Waals surface area contributed by atoms with Crippen LogP contribution in [-0.2, 0) is 20.9 Å². The van der Waals surface area contributed by atoms with E-state index in [1.54, 1.807) is 11.2 Å². The Bertz CT molecular complexity index is 252. The van der Waals surface area contributed by atoms with Gasteiger partial charge in [-0.1, -0.05) is 0 Å². The Kier molecular flexibility index (Phi) is 3.68. The van der Waals surface area contributed by atoms with E-state index in [0.29, 0.717) is 6.61 Å². The summed E-state index contributed by atoms with van der Waals surface area (Å²) < 4.78 is 18.3. The van der Waals surface area contributed by atoms with Crippen LogP contribution < -0.4 is 0 Å². The molecule has 0 aromatic carbocycles. The first kappa shape index (κ1) is 12.8. The van der Waals surface area contributed by atoms with Gasteiger partial charge < -0.3 is 9.29 Å². The number of rotatable bonds is 3. The fourth-order valence-electron chi connectivity index (χ4n) is 1.42. The number of carbonyl (C=O) groups is 1. The molecule has 1 aliphatic heterocycles. The fourth-order valence-corrected chi connectivity index (χ4v) is 2.88. The van der Waals surface area contributed by atoms with Gasteiger partial charge in [0.1, 0.15) is 4.75 Å². The van der Waals surface area contributed by atoms with Gasteiger partial charge in [-0.3, -0.25) is 4.79 Å². The standard InChI is InChI=1S/C10H19NO3S/c1-6-14-9(12)8-7(2)11(8)15(13)10(3,4)5/h7-8H,6H2,1-5H3/t7-,8-,11?,15?/m0/s1. The number of hydrogen-bond donors (Lipinski definition) is 0. The first-order valence-electron chi connectivity index (χ1n) is 5.17. The molecule has 2 unspecified atom stereocenters. The molecule has 15 heavy (non-hydrogen) atoms. The molecule has 4 nitrogen and oxygen atoms in total. The van der Waals surface area contributed by atoms with Gasteiger partial charge >= 0.3 is 5.97 Å². The molecule has 88 valence electrons. The quantitative estimate of drug-likeness (QED) is 0.416. The Hall–Kier alpha value is -0.260. The Morgan fingerprint density at radius 1 is 1.53 bits per heavy atom. The van der Waals surface area contributed by atoms with Crippen LogP contribution in [0.1, 0.15) is 34.6 Å². The zero-order valence-corrected chi connectivity index (χ0v) is 10.8. The first-order chi connectivity index (χ1) is 6.80. The molecular formula is C10H19NO3S. The van der Waals surface area contributed by atoms with Gasteiger partial charge in [-0.05, 0) is 34.6 Å². The van der Waals surface area contributed by atoms with Gasteiger partial charge in [0, 0.05) is 11.4 Å². The lowest BCUT2D eigenvalue weighted by molar-refractivity contribution is -0.143. The van der Waals surface area contributed by atoms with E-state index < -0.39 is 11.4 Å². The largest absolute Gasteiger partial charge is 0.597 e. The van der Waals surface area contributed by atoms with Gasteiger partial charge in [-0.25, -0.2) is 0 Å². The Balaban J connectivity index is 2.58. The average Bonchev–Trinajstić information content (AvgIpc) is 2.74. The molecule has 0 aliphatic carbocycles. The summed E-state index contributed by atoms with van der Waals surface area (Å²) in [6.07, 6.45) is 0. The van der Waals surface area contributed by atoms with Crippen molar-refractivity contribution < 1.29 is 14.1 Å². The number of esters is 1. The van der Waals surface area contributed by atoms with E-state index in [-0.39, 0.29) is 22.8 Å². The van der Waals surface area contributed by atoms with E-state index in [1.807, 2.05) is 27.7 Å². The number of nitrogens with zero attached hydrogens (tertiary/aromatic N) is 1. The molecule has 1 saturated heterocycles. The predicted molar refractivity (Wildman–Crippen MR) is 59.6 cm³/mol. The Morgan fingerprint density at radius 3 is 2.47 bits per heavy atom. The predicted octanol–water partition coefficient (Wildman–Crippen LogP) is 1.08. The highest BCUT2D eigenvalue weighted by atomic mass is 32.2. The van der Waals surface area contributed by atoms with Crippen molar-refractivity contribution in [3.8, 4) is 0 Å². The summed E-state index contributed by atoms with van der Waals surface area (Å²) in [5.41, 5.74) is 0. The van der Waals surface area contributed by atoms with Gasteiger partial charge in [0.2, 0.25) is 0 Å². The molecule has 0 aromatic rings. The molecule has 0 radical (unpaired) electrons. The van der Waals surface area contributed by atoms with Crippen LogP contribution >= 0.6 is 0 Å². The van der Waals surface area contributed by atoms with Crippen molar-refractivity contribution in [1.82, 2.24) is 4.31 Å². The second kappa shape index (κ2) is 4.31. The van der Waals surface area contributed by atoms with Crippen LogP contribution in [0.3, 0.4) is 0 Å². The van der Waals surface area contributed by atoms with Gasteiger partial charge in [-0.2, -0.15) is 0 Å². The van der Waals surface area contributed by atoms with E-state index in [4.69, 9.17) is 4.74 Å². The molecule has 0 amide bonds. The maximum Gasteiger partial charge on any atom is 0.329 e. The molecule has 0 aromatic heterocycles. The molecule has 1 heterocycles. The zero-order valence-electron chi connectivity index (χ0n) is 9.94. The topological polar surface area (TPSA) is 52.4 Å². The Labute approximate surface area is 94.3 Å². The van der Waals surface area contributed by atoms with Crippen molar-refractivity contribution in [3.63, 3.8) is 0 Å². The third-order valence-electron chi connectivity index (χ3n) is 2.29. The highest BCUT2D eigenvalue weighted by Gasteiger charge is 2.61. The second-order valence-electron chi connectivity index (χ2n) is 4.66. The third kappa shape index (κ3) is 2.65. The number of ether oxygens (including phenoxy) is 1. The van der Waals surface area contributed by atoms with Gasteiger partial charge in [-0.15, -0.1) is 4.31 Å². The van der Waals surface area contributed by atoms with E-state index >= 15 is 0 Å². The summed E-state index contributed by atoms with van der Waals surface area (Å²) in [7, 11) is 0. The second-order valence-corrected chi connectivity index (χ2v) is 6.80. The molecule has 0 N–H and O–H groups in total. The minimum Gasteiger partial charge on any atom is -0.597 e. The van der Waals surface area contributed by atoms with Crippen LogP contribution in [-0.4, -0.2) is 38.3 Å². The van der Waals surface area contributed by atoms with Crippen molar-refractivity contribution in [3.05, 3.63) is 0 Å². The molecule has 1 rings (SSSR count). The zero-order chi connectivity index (χ0) is 11.8. The lowest BCUT2D eigenvalue weighted by atomic mass is 10.3. The van der Waals surface area contributed by atoms with E-state index in [9.17, 15) is 9.35 Å². The SMILES string of the molecule is CCOC(=O)[C@@H]1[C@H](C)N1[S+]([O-])C(C)(C)C. The van der Waals surface area contributed by atoms with Crippen LogP contribution in [0.2, 0.25) is 0 Å². The van der Waals surface area contributed by atoms with Gasteiger partial charge in [0.25, 0.3) is 0 Å². The normalized spacial score (nSPS) is 32.3. The summed E-state index contributed by atoms with van der Waals surface area (Å²) in [5.74, 6) is -0.261. The lowest BCUT2D eigenvalue weighted by Gasteiger charge is -2.24. The molecule has 0 saturated carbocycles. The fraction of sp³-hybridized carbons (Fsp3) is 0.900. The summed E-state index contributed by atoms with van der Waals surface area (Å²) in [6, 6.07) is -0.283. The van der Waals surface area contributed by atoms with E-state index in [2.05, 4.69) is 0 Å².